The predicted octanol–water partition coefficient (Wildman–Crippen LogP) is 3.34. The van der Waals surface area contributed by atoms with Gasteiger partial charge in [0, 0.05) is 4.88 Å². The lowest BCUT2D eigenvalue weighted by Crippen LogP contribution is -2.12. The summed E-state index contributed by atoms with van der Waals surface area (Å²) in [6.07, 6.45) is 0. The number of thiophene rings is 1. The van der Waals surface area contributed by atoms with Gasteiger partial charge >= 0.3 is 5.97 Å². The molecule has 0 aliphatic carbocycles. The van der Waals surface area contributed by atoms with Gasteiger partial charge < -0.3 is 16.2 Å². The van der Waals surface area contributed by atoms with Crippen LogP contribution in [0.25, 0.3) is 0 Å². The second-order valence-electron chi connectivity index (χ2n) is 4.07. The van der Waals surface area contributed by atoms with E-state index in [9.17, 15) is 9.18 Å². The monoisotopic (exact) mass is 280 g/mol. The van der Waals surface area contributed by atoms with Gasteiger partial charge in [-0.1, -0.05) is 6.07 Å². The number of nitrogens with one attached hydrogen (secondary N) is 1. The Morgan fingerprint density at radius 2 is 2.21 bits per heavy atom. The highest BCUT2D eigenvalue weighted by molar-refractivity contribution is 7.10. The molecule has 1 aromatic carbocycles. The van der Waals surface area contributed by atoms with Crippen LogP contribution < -0.4 is 11.1 Å². The fourth-order valence-electron chi connectivity index (χ4n) is 1.79. The SMILES string of the molecule is CC(Nc1ccc(F)c(N)c1C(=O)O)c1cccs1. The number of anilines is 2. The van der Waals surface area contributed by atoms with Crippen molar-refractivity contribution in [1.29, 1.82) is 0 Å². The number of aromatic carboxylic acids is 1. The molecule has 0 aliphatic rings. The van der Waals surface area contributed by atoms with Gasteiger partial charge in [-0.3, -0.25) is 0 Å². The lowest BCUT2D eigenvalue weighted by Gasteiger charge is -2.17. The van der Waals surface area contributed by atoms with Crippen LogP contribution >= 0.6 is 11.3 Å². The maximum atomic E-state index is 13.3. The minimum absolute atomic E-state index is 0.0806. The van der Waals surface area contributed by atoms with E-state index in [1.807, 2.05) is 24.4 Å². The summed E-state index contributed by atoms with van der Waals surface area (Å²) in [7, 11) is 0. The zero-order valence-electron chi connectivity index (χ0n) is 10.2. The second kappa shape index (κ2) is 5.27. The van der Waals surface area contributed by atoms with Crippen LogP contribution in [0.1, 0.15) is 28.2 Å². The number of nitrogens with two attached hydrogens (primary N) is 1. The second-order valence-corrected chi connectivity index (χ2v) is 5.05. The largest absolute Gasteiger partial charge is 0.478 e. The van der Waals surface area contributed by atoms with Crippen molar-refractivity contribution in [1.82, 2.24) is 0 Å². The molecule has 0 fully saturated rings. The van der Waals surface area contributed by atoms with E-state index in [-0.39, 0.29) is 17.3 Å². The number of nitrogen functional groups attached to an aromatic ring is 1. The van der Waals surface area contributed by atoms with Crippen molar-refractivity contribution in [2.45, 2.75) is 13.0 Å². The Morgan fingerprint density at radius 3 is 2.79 bits per heavy atom. The lowest BCUT2D eigenvalue weighted by molar-refractivity contribution is 0.0698. The first-order chi connectivity index (χ1) is 9.00. The molecule has 19 heavy (non-hydrogen) atoms. The minimum atomic E-state index is -1.25. The molecule has 0 spiro atoms. The summed E-state index contributed by atoms with van der Waals surface area (Å²) in [5, 5.41) is 14.1. The van der Waals surface area contributed by atoms with E-state index < -0.39 is 11.8 Å². The van der Waals surface area contributed by atoms with Crippen molar-refractivity contribution >= 4 is 28.7 Å². The highest BCUT2D eigenvalue weighted by Gasteiger charge is 2.19. The number of carboxylic acid groups (broad SMARTS) is 1. The Kier molecular flexibility index (Phi) is 3.71. The van der Waals surface area contributed by atoms with Crippen LogP contribution in [0, 0.1) is 5.82 Å². The van der Waals surface area contributed by atoms with Crippen LogP contribution in [0.15, 0.2) is 29.6 Å². The molecule has 1 heterocycles. The maximum absolute atomic E-state index is 13.3. The van der Waals surface area contributed by atoms with E-state index >= 15 is 0 Å². The highest BCUT2D eigenvalue weighted by Crippen LogP contribution is 2.29. The molecule has 0 aliphatic heterocycles. The summed E-state index contributed by atoms with van der Waals surface area (Å²) in [5.41, 5.74) is 5.21. The zero-order valence-corrected chi connectivity index (χ0v) is 11.0. The molecule has 4 nitrogen and oxygen atoms in total. The maximum Gasteiger partial charge on any atom is 0.340 e. The van der Waals surface area contributed by atoms with Crippen molar-refractivity contribution in [3.05, 3.63) is 45.9 Å². The Labute approximate surface area is 113 Å². The van der Waals surface area contributed by atoms with Crippen LogP contribution in [-0.4, -0.2) is 11.1 Å². The van der Waals surface area contributed by atoms with Crippen LogP contribution in [0.3, 0.4) is 0 Å². The third-order valence-electron chi connectivity index (χ3n) is 2.75. The summed E-state index contributed by atoms with van der Waals surface area (Å²) in [5.74, 6) is -1.98. The van der Waals surface area contributed by atoms with E-state index in [0.29, 0.717) is 5.69 Å². The molecular formula is C13H13FN2O2S. The van der Waals surface area contributed by atoms with Crippen LogP contribution in [-0.2, 0) is 0 Å². The van der Waals surface area contributed by atoms with Crippen molar-refractivity contribution in [3.63, 3.8) is 0 Å². The fraction of sp³-hybridized carbons (Fsp3) is 0.154. The quantitative estimate of drug-likeness (QED) is 0.751. The van der Waals surface area contributed by atoms with Gasteiger partial charge in [-0.05, 0) is 30.5 Å². The average Bonchev–Trinajstić information content (AvgIpc) is 2.87. The normalized spacial score (nSPS) is 12.1. The molecule has 0 amide bonds. The fourth-order valence-corrected chi connectivity index (χ4v) is 2.52. The van der Waals surface area contributed by atoms with Gasteiger partial charge in [0.2, 0.25) is 0 Å². The molecular weight excluding hydrogens is 267 g/mol. The molecule has 0 radical (unpaired) electrons. The van der Waals surface area contributed by atoms with Crippen molar-refractivity contribution in [2.24, 2.45) is 0 Å². The number of benzene rings is 1. The molecule has 100 valence electrons. The number of carbonyl (C=O) groups is 1. The Hall–Kier alpha value is -2.08. The number of rotatable bonds is 4. The first-order valence-electron chi connectivity index (χ1n) is 5.62. The van der Waals surface area contributed by atoms with E-state index in [1.54, 1.807) is 11.3 Å². The smallest absolute Gasteiger partial charge is 0.340 e. The number of hydrogen-bond donors (Lipinski definition) is 3. The highest BCUT2D eigenvalue weighted by atomic mass is 32.1. The predicted molar refractivity (Wildman–Crippen MR) is 74.1 cm³/mol. The zero-order chi connectivity index (χ0) is 14.0. The van der Waals surface area contributed by atoms with Crippen molar-refractivity contribution in [2.75, 3.05) is 11.1 Å². The summed E-state index contributed by atoms with van der Waals surface area (Å²) in [6.45, 7) is 1.90. The van der Waals surface area contributed by atoms with E-state index in [0.717, 1.165) is 10.9 Å². The van der Waals surface area contributed by atoms with Crippen LogP contribution in [0.2, 0.25) is 0 Å². The Bertz CT molecular complexity index is 599. The topological polar surface area (TPSA) is 75.3 Å². The van der Waals surface area contributed by atoms with E-state index in [1.165, 1.54) is 6.07 Å². The van der Waals surface area contributed by atoms with Gasteiger partial charge in [0.15, 0.2) is 0 Å². The molecule has 0 bridgehead atoms. The molecule has 2 rings (SSSR count). The molecule has 0 saturated heterocycles. The molecule has 1 aromatic heterocycles. The lowest BCUT2D eigenvalue weighted by atomic mass is 10.1. The molecule has 2 aromatic rings. The van der Waals surface area contributed by atoms with Gasteiger partial charge in [0.1, 0.15) is 11.4 Å². The number of carboxylic acids is 1. The molecule has 4 N–H and O–H groups in total. The average molecular weight is 280 g/mol. The Balaban J connectivity index is 2.35. The van der Waals surface area contributed by atoms with Crippen LogP contribution in [0.4, 0.5) is 15.8 Å². The first-order valence-corrected chi connectivity index (χ1v) is 6.50. The van der Waals surface area contributed by atoms with Gasteiger partial charge in [-0.15, -0.1) is 11.3 Å². The summed E-state index contributed by atoms with van der Waals surface area (Å²) < 4.78 is 13.3. The molecule has 0 saturated carbocycles. The van der Waals surface area contributed by atoms with Crippen molar-refractivity contribution < 1.29 is 14.3 Å². The Morgan fingerprint density at radius 1 is 1.47 bits per heavy atom. The molecule has 1 unspecified atom stereocenters. The standard InChI is InChI=1S/C13H13FN2O2S/c1-7(10-3-2-6-19-10)16-9-5-4-8(14)12(15)11(9)13(17)18/h2-7,16H,15H2,1H3,(H,17,18). The summed E-state index contributed by atoms with van der Waals surface area (Å²) >= 11 is 1.56. The van der Waals surface area contributed by atoms with Gasteiger partial charge in [-0.25, -0.2) is 9.18 Å². The van der Waals surface area contributed by atoms with Gasteiger partial charge in [-0.2, -0.15) is 0 Å². The first kappa shape index (κ1) is 13.4. The number of hydrogen-bond acceptors (Lipinski definition) is 4. The number of halogens is 1. The van der Waals surface area contributed by atoms with E-state index in [2.05, 4.69) is 5.32 Å². The summed E-state index contributed by atoms with van der Waals surface area (Å²) in [4.78, 5) is 12.2. The van der Waals surface area contributed by atoms with Crippen molar-refractivity contribution in [3.8, 4) is 0 Å². The summed E-state index contributed by atoms with van der Waals surface area (Å²) in [6, 6.07) is 6.32. The van der Waals surface area contributed by atoms with Gasteiger partial charge in [0.05, 0.1) is 17.4 Å². The third-order valence-corrected chi connectivity index (χ3v) is 3.80. The molecule has 6 heteroatoms. The minimum Gasteiger partial charge on any atom is -0.478 e. The van der Waals surface area contributed by atoms with Crippen LogP contribution in [0.5, 0.6) is 0 Å². The molecule has 1 atom stereocenters. The van der Waals surface area contributed by atoms with E-state index in [4.69, 9.17) is 10.8 Å². The van der Waals surface area contributed by atoms with Gasteiger partial charge in [0.25, 0.3) is 0 Å². The third kappa shape index (κ3) is 2.68.